The van der Waals surface area contributed by atoms with E-state index in [2.05, 4.69) is 56.1 Å². The highest BCUT2D eigenvalue weighted by Gasteiger charge is 2.08. The van der Waals surface area contributed by atoms with Crippen LogP contribution in [-0.2, 0) is 4.74 Å². The summed E-state index contributed by atoms with van der Waals surface area (Å²) >= 11 is 0. The predicted molar refractivity (Wildman–Crippen MR) is 110 cm³/mol. The summed E-state index contributed by atoms with van der Waals surface area (Å²) in [7, 11) is 0. The topological polar surface area (TPSA) is 24.5 Å². The third-order valence-electron chi connectivity index (χ3n) is 4.65. The lowest BCUT2D eigenvalue weighted by Crippen LogP contribution is -2.37. The molecule has 0 spiro atoms. The molecule has 0 bridgehead atoms. The molecule has 3 heteroatoms. The normalized spacial score (nSPS) is 17.0. The molecule has 1 aliphatic rings. The predicted octanol–water partition coefficient (Wildman–Crippen LogP) is 4.72. The van der Waals surface area contributed by atoms with E-state index < -0.39 is 0 Å². The number of hydrogen-bond donors (Lipinski definition) is 1. The zero-order valence-electron chi connectivity index (χ0n) is 17.1. The average molecular weight is 349 g/mol. The van der Waals surface area contributed by atoms with Gasteiger partial charge in [0.1, 0.15) is 0 Å². The van der Waals surface area contributed by atoms with Crippen LogP contribution in [0.25, 0.3) is 0 Å². The van der Waals surface area contributed by atoms with Crippen LogP contribution in [0.3, 0.4) is 0 Å². The molecule has 3 nitrogen and oxygen atoms in total. The maximum absolute atomic E-state index is 5.37. The molecule has 0 atom stereocenters. The summed E-state index contributed by atoms with van der Waals surface area (Å²) in [5.74, 6) is 0. The minimum Gasteiger partial charge on any atom is -0.379 e. The number of allylic oxidation sites excluding steroid dienone is 5. The number of hydrogen-bond acceptors (Lipinski definition) is 3. The van der Waals surface area contributed by atoms with Crippen molar-refractivity contribution >= 4 is 0 Å². The lowest BCUT2D eigenvalue weighted by atomic mass is 10.1. The van der Waals surface area contributed by atoms with Crippen molar-refractivity contribution in [3.8, 4) is 0 Å². The van der Waals surface area contributed by atoms with Crippen LogP contribution in [-0.4, -0.2) is 50.8 Å². The molecule has 0 radical (unpaired) electrons. The molecule has 1 fully saturated rings. The van der Waals surface area contributed by atoms with Gasteiger partial charge in [0, 0.05) is 19.6 Å². The summed E-state index contributed by atoms with van der Waals surface area (Å²) in [6, 6.07) is 0. The van der Waals surface area contributed by atoms with Gasteiger partial charge in [-0.15, -0.1) is 0 Å². The van der Waals surface area contributed by atoms with Gasteiger partial charge in [-0.1, -0.05) is 34.9 Å². The fraction of sp³-hybridized carbons (Fsp3) is 0.727. The number of morpholine rings is 1. The second kappa shape index (κ2) is 14.3. The number of ether oxygens (including phenoxy) is 1. The van der Waals surface area contributed by atoms with Crippen molar-refractivity contribution in [2.75, 3.05) is 45.9 Å². The van der Waals surface area contributed by atoms with Gasteiger partial charge in [0.15, 0.2) is 0 Å². The van der Waals surface area contributed by atoms with Crippen molar-refractivity contribution in [1.29, 1.82) is 0 Å². The summed E-state index contributed by atoms with van der Waals surface area (Å²) in [5, 5.41) is 3.54. The zero-order chi connectivity index (χ0) is 18.3. The molecule has 1 saturated heterocycles. The number of rotatable bonds is 12. The fourth-order valence-corrected chi connectivity index (χ4v) is 2.94. The Morgan fingerprint density at radius 2 is 1.56 bits per heavy atom. The lowest BCUT2D eigenvalue weighted by Gasteiger charge is -2.26. The van der Waals surface area contributed by atoms with E-state index in [1.807, 2.05) is 0 Å². The van der Waals surface area contributed by atoms with Crippen molar-refractivity contribution in [3.05, 3.63) is 34.9 Å². The van der Waals surface area contributed by atoms with E-state index in [9.17, 15) is 0 Å². The molecule has 144 valence electrons. The SMILES string of the molecule is CC(C)=CCCC(C)=CCCC(C)=CCNCCCN1CCOCC1. The first-order valence-corrected chi connectivity index (χ1v) is 10.0. The van der Waals surface area contributed by atoms with E-state index in [1.165, 1.54) is 55.4 Å². The first-order chi connectivity index (χ1) is 12.1. The monoisotopic (exact) mass is 348 g/mol. The Morgan fingerprint density at radius 1 is 0.920 bits per heavy atom. The molecule has 1 N–H and O–H groups in total. The molecule has 0 unspecified atom stereocenters. The molecule has 0 aromatic rings. The lowest BCUT2D eigenvalue weighted by molar-refractivity contribution is 0.0375. The number of nitrogens with one attached hydrogen (secondary N) is 1. The van der Waals surface area contributed by atoms with Gasteiger partial charge < -0.3 is 10.1 Å². The third kappa shape index (κ3) is 13.0. The van der Waals surface area contributed by atoms with E-state index >= 15 is 0 Å². The van der Waals surface area contributed by atoms with Crippen LogP contribution >= 0.6 is 0 Å². The van der Waals surface area contributed by atoms with E-state index in [-0.39, 0.29) is 0 Å². The number of nitrogens with zero attached hydrogens (tertiary/aromatic N) is 1. The second-order valence-corrected chi connectivity index (χ2v) is 7.47. The van der Waals surface area contributed by atoms with E-state index in [1.54, 1.807) is 0 Å². The maximum Gasteiger partial charge on any atom is 0.0594 e. The minimum atomic E-state index is 0.901. The van der Waals surface area contributed by atoms with Crippen molar-refractivity contribution in [2.45, 2.75) is 59.8 Å². The molecule has 0 saturated carbocycles. The fourth-order valence-electron chi connectivity index (χ4n) is 2.94. The Kier molecular flexibility index (Phi) is 12.7. The highest BCUT2D eigenvalue weighted by molar-refractivity contribution is 5.05. The molecular formula is C22H40N2O. The van der Waals surface area contributed by atoms with Crippen molar-refractivity contribution < 1.29 is 4.74 Å². The molecular weight excluding hydrogens is 308 g/mol. The van der Waals surface area contributed by atoms with Gasteiger partial charge in [-0.05, 0) is 72.9 Å². The molecule has 0 aliphatic carbocycles. The Bertz CT molecular complexity index is 427. The minimum absolute atomic E-state index is 0.901. The molecule has 0 amide bonds. The third-order valence-corrected chi connectivity index (χ3v) is 4.65. The first kappa shape index (κ1) is 22.1. The average Bonchev–Trinajstić information content (AvgIpc) is 2.58. The van der Waals surface area contributed by atoms with Crippen LogP contribution < -0.4 is 5.32 Å². The summed E-state index contributed by atoms with van der Waals surface area (Å²) in [6.07, 6.45) is 13.0. The Hall–Kier alpha value is -0.900. The molecule has 0 aromatic carbocycles. The standard InChI is InChI=1S/C22H40N2O/c1-20(2)8-5-9-21(3)10-6-11-22(4)12-14-23-13-7-15-24-16-18-25-19-17-24/h8,10,12,23H,5-7,9,11,13-19H2,1-4H3. The van der Waals surface area contributed by atoms with Crippen molar-refractivity contribution in [2.24, 2.45) is 0 Å². The smallest absolute Gasteiger partial charge is 0.0594 e. The Balaban J connectivity index is 2.02. The van der Waals surface area contributed by atoms with E-state index in [0.717, 1.165) is 39.4 Å². The molecule has 0 aromatic heterocycles. The van der Waals surface area contributed by atoms with Gasteiger partial charge in [-0.25, -0.2) is 0 Å². The Morgan fingerprint density at radius 3 is 2.24 bits per heavy atom. The van der Waals surface area contributed by atoms with E-state index in [4.69, 9.17) is 4.74 Å². The van der Waals surface area contributed by atoms with Crippen LogP contribution in [0.5, 0.6) is 0 Å². The van der Waals surface area contributed by atoms with Crippen LogP contribution in [0.1, 0.15) is 59.8 Å². The van der Waals surface area contributed by atoms with Gasteiger partial charge in [0.2, 0.25) is 0 Å². The van der Waals surface area contributed by atoms with Gasteiger partial charge in [0.05, 0.1) is 13.2 Å². The molecule has 25 heavy (non-hydrogen) atoms. The summed E-state index contributed by atoms with van der Waals surface area (Å²) < 4.78 is 5.37. The van der Waals surface area contributed by atoms with Gasteiger partial charge in [-0.2, -0.15) is 0 Å². The van der Waals surface area contributed by atoms with Gasteiger partial charge >= 0.3 is 0 Å². The van der Waals surface area contributed by atoms with Gasteiger partial charge in [-0.3, -0.25) is 4.90 Å². The quantitative estimate of drug-likeness (QED) is 0.408. The van der Waals surface area contributed by atoms with Crippen LogP contribution in [0.15, 0.2) is 34.9 Å². The zero-order valence-corrected chi connectivity index (χ0v) is 17.1. The van der Waals surface area contributed by atoms with Crippen LogP contribution in [0.4, 0.5) is 0 Å². The summed E-state index contributed by atoms with van der Waals surface area (Å²) in [4.78, 5) is 2.50. The highest BCUT2D eigenvalue weighted by atomic mass is 16.5. The van der Waals surface area contributed by atoms with Crippen LogP contribution in [0, 0.1) is 0 Å². The largest absolute Gasteiger partial charge is 0.379 e. The van der Waals surface area contributed by atoms with Gasteiger partial charge in [0.25, 0.3) is 0 Å². The summed E-state index contributed by atoms with van der Waals surface area (Å²) in [5.41, 5.74) is 4.43. The van der Waals surface area contributed by atoms with Crippen LogP contribution in [0.2, 0.25) is 0 Å². The van der Waals surface area contributed by atoms with E-state index in [0.29, 0.717) is 0 Å². The highest BCUT2D eigenvalue weighted by Crippen LogP contribution is 2.11. The molecule has 1 rings (SSSR count). The van der Waals surface area contributed by atoms with Crippen molar-refractivity contribution in [1.82, 2.24) is 10.2 Å². The maximum atomic E-state index is 5.37. The summed E-state index contributed by atoms with van der Waals surface area (Å²) in [6.45, 7) is 16.1. The molecule has 1 heterocycles. The van der Waals surface area contributed by atoms with Crippen molar-refractivity contribution in [3.63, 3.8) is 0 Å². The Labute approximate surface area is 156 Å². The molecule has 1 aliphatic heterocycles. The first-order valence-electron chi connectivity index (χ1n) is 10.0. The second-order valence-electron chi connectivity index (χ2n) is 7.47.